The van der Waals surface area contributed by atoms with Crippen molar-refractivity contribution in [2.24, 2.45) is 0 Å². The van der Waals surface area contributed by atoms with Crippen LogP contribution in [0.5, 0.6) is 0 Å². The molecular formula is C6H4BrF2N3O2. The van der Waals surface area contributed by atoms with E-state index in [0.717, 1.165) is 0 Å². The number of anilines is 1. The van der Waals surface area contributed by atoms with Crippen molar-refractivity contribution < 1.29 is 13.7 Å². The van der Waals surface area contributed by atoms with Crippen molar-refractivity contribution in [1.82, 2.24) is 4.98 Å². The molecule has 0 amide bonds. The zero-order chi connectivity index (χ0) is 10.9. The van der Waals surface area contributed by atoms with Gasteiger partial charge in [0.25, 0.3) is 6.43 Å². The Hall–Kier alpha value is -1.31. The fourth-order valence-corrected chi connectivity index (χ4v) is 1.26. The van der Waals surface area contributed by atoms with Gasteiger partial charge in [0, 0.05) is 6.07 Å². The van der Waals surface area contributed by atoms with Crippen LogP contribution in [0.15, 0.2) is 10.7 Å². The van der Waals surface area contributed by atoms with Crippen LogP contribution in [0.3, 0.4) is 0 Å². The number of hydrogen-bond acceptors (Lipinski definition) is 4. The fraction of sp³-hybridized carbons (Fsp3) is 0.167. The van der Waals surface area contributed by atoms with Gasteiger partial charge in [-0.25, -0.2) is 13.8 Å². The first kappa shape index (κ1) is 10.8. The van der Waals surface area contributed by atoms with Crippen molar-refractivity contribution in [2.45, 2.75) is 6.43 Å². The quantitative estimate of drug-likeness (QED) is 0.506. The molecule has 2 N–H and O–H groups in total. The van der Waals surface area contributed by atoms with E-state index in [1.807, 2.05) is 0 Å². The van der Waals surface area contributed by atoms with Crippen molar-refractivity contribution in [3.8, 4) is 0 Å². The number of alkyl halides is 2. The van der Waals surface area contributed by atoms with E-state index in [9.17, 15) is 18.9 Å². The van der Waals surface area contributed by atoms with Gasteiger partial charge in [-0.05, 0) is 15.9 Å². The van der Waals surface area contributed by atoms with Crippen LogP contribution in [0.4, 0.5) is 20.3 Å². The van der Waals surface area contributed by atoms with E-state index in [4.69, 9.17) is 5.73 Å². The Kier molecular flexibility index (Phi) is 2.94. The summed E-state index contributed by atoms with van der Waals surface area (Å²) >= 11 is 2.75. The van der Waals surface area contributed by atoms with Gasteiger partial charge < -0.3 is 5.73 Å². The molecule has 14 heavy (non-hydrogen) atoms. The first-order valence-electron chi connectivity index (χ1n) is 3.32. The Morgan fingerprint density at radius 3 is 2.64 bits per heavy atom. The average Bonchev–Trinajstić information content (AvgIpc) is 2.02. The first-order chi connectivity index (χ1) is 6.43. The number of rotatable bonds is 2. The first-order valence-corrected chi connectivity index (χ1v) is 4.11. The summed E-state index contributed by atoms with van der Waals surface area (Å²) in [5, 5.41) is 10.4. The summed E-state index contributed by atoms with van der Waals surface area (Å²) in [4.78, 5) is 12.9. The molecule has 0 spiro atoms. The molecule has 1 heterocycles. The maximum atomic E-state index is 12.2. The summed E-state index contributed by atoms with van der Waals surface area (Å²) < 4.78 is 24.3. The fourth-order valence-electron chi connectivity index (χ4n) is 0.811. The molecule has 5 nitrogen and oxygen atoms in total. The number of halogens is 3. The molecule has 0 bridgehead atoms. The second kappa shape index (κ2) is 3.82. The molecule has 76 valence electrons. The largest absolute Gasteiger partial charge is 0.383 e. The number of pyridine rings is 1. The number of hydrogen-bond donors (Lipinski definition) is 1. The van der Waals surface area contributed by atoms with Gasteiger partial charge >= 0.3 is 5.69 Å². The predicted octanol–water partition coefficient (Wildman–Crippen LogP) is 2.27. The van der Waals surface area contributed by atoms with Crippen molar-refractivity contribution in [3.63, 3.8) is 0 Å². The van der Waals surface area contributed by atoms with Crippen LogP contribution in [0.2, 0.25) is 0 Å². The van der Waals surface area contributed by atoms with Gasteiger partial charge in [-0.1, -0.05) is 0 Å². The highest BCUT2D eigenvalue weighted by molar-refractivity contribution is 9.10. The van der Waals surface area contributed by atoms with Gasteiger partial charge in [0.2, 0.25) is 0 Å². The van der Waals surface area contributed by atoms with E-state index < -0.39 is 28.4 Å². The van der Waals surface area contributed by atoms with Crippen molar-refractivity contribution in [3.05, 3.63) is 26.3 Å². The van der Waals surface area contributed by atoms with Gasteiger partial charge in [0.1, 0.15) is 5.82 Å². The minimum Gasteiger partial charge on any atom is -0.383 e. The highest BCUT2D eigenvalue weighted by atomic mass is 79.9. The van der Waals surface area contributed by atoms with E-state index in [-0.39, 0.29) is 4.60 Å². The monoisotopic (exact) mass is 267 g/mol. The standard InChI is InChI=1S/C6H4BrF2N3O2/c7-4-3(12(13)14)1-2(5(8)9)6(10)11-4/h1,5H,(H2,10,11). The smallest absolute Gasteiger partial charge is 0.302 e. The molecule has 0 atom stereocenters. The van der Waals surface area contributed by atoms with Crippen molar-refractivity contribution >= 4 is 27.4 Å². The maximum absolute atomic E-state index is 12.2. The summed E-state index contributed by atoms with van der Waals surface area (Å²) in [6.45, 7) is 0. The van der Waals surface area contributed by atoms with Crippen LogP contribution >= 0.6 is 15.9 Å². The van der Waals surface area contributed by atoms with Gasteiger partial charge in [-0.2, -0.15) is 0 Å². The Morgan fingerprint density at radius 2 is 2.21 bits per heavy atom. The average molecular weight is 268 g/mol. The van der Waals surface area contributed by atoms with Crippen LogP contribution in [0.1, 0.15) is 12.0 Å². The molecule has 0 aliphatic heterocycles. The molecule has 0 aromatic carbocycles. The molecule has 0 fully saturated rings. The second-order valence-electron chi connectivity index (χ2n) is 2.33. The molecule has 1 aromatic rings. The van der Waals surface area contributed by atoms with E-state index in [2.05, 4.69) is 20.9 Å². The summed E-state index contributed by atoms with van der Waals surface area (Å²) in [5.41, 5.74) is 3.98. The normalized spacial score (nSPS) is 10.6. The number of nitrogens with two attached hydrogens (primary N) is 1. The number of nitrogen functional groups attached to an aromatic ring is 1. The summed E-state index contributed by atoms with van der Waals surface area (Å²) in [6, 6.07) is 0.705. The van der Waals surface area contributed by atoms with Crippen molar-refractivity contribution in [1.29, 1.82) is 0 Å². The van der Waals surface area contributed by atoms with E-state index in [1.165, 1.54) is 0 Å². The highest BCUT2D eigenvalue weighted by Gasteiger charge is 2.21. The van der Waals surface area contributed by atoms with Crippen LogP contribution in [-0.4, -0.2) is 9.91 Å². The molecule has 0 saturated heterocycles. The summed E-state index contributed by atoms with van der Waals surface area (Å²) in [7, 11) is 0. The minimum atomic E-state index is -2.88. The third-order valence-corrected chi connectivity index (χ3v) is 2.03. The molecule has 0 radical (unpaired) electrons. The van der Waals surface area contributed by atoms with Crippen LogP contribution in [0.25, 0.3) is 0 Å². The molecule has 0 unspecified atom stereocenters. The lowest BCUT2D eigenvalue weighted by molar-refractivity contribution is -0.386. The molecule has 0 saturated carbocycles. The summed E-state index contributed by atoms with van der Waals surface area (Å²) in [6.07, 6.45) is -2.88. The van der Waals surface area contributed by atoms with Gasteiger partial charge in [0.05, 0.1) is 10.5 Å². The Bertz CT molecular complexity index is 386. The third kappa shape index (κ3) is 1.95. The lowest BCUT2D eigenvalue weighted by atomic mass is 10.2. The molecule has 0 aliphatic rings. The van der Waals surface area contributed by atoms with Crippen molar-refractivity contribution in [2.75, 3.05) is 5.73 Å². The highest BCUT2D eigenvalue weighted by Crippen LogP contribution is 2.31. The maximum Gasteiger partial charge on any atom is 0.302 e. The van der Waals surface area contributed by atoms with Gasteiger partial charge in [0.15, 0.2) is 4.60 Å². The minimum absolute atomic E-state index is 0.163. The predicted molar refractivity (Wildman–Crippen MR) is 48.0 cm³/mol. The van der Waals surface area contributed by atoms with Gasteiger partial charge in [-0.15, -0.1) is 0 Å². The Balaban J connectivity index is 3.34. The zero-order valence-corrected chi connectivity index (χ0v) is 8.16. The zero-order valence-electron chi connectivity index (χ0n) is 6.58. The number of nitro groups is 1. The van der Waals surface area contributed by atoms with Crippen LogP contribution in [0, 0.1) is 10.1 Å². The topological polar surface area (TPSA) is 82.0 Å². The lowest BCUT2D eigenvalue weighted by Crippen LogP contribution is -2.01. The van der Waals surface area contributed by atoms with Gasteiger partial charge in [-0.3, -0.25) is 10.1 Å². The van der Waals surface area contributed by atoms with E-state index in [0.29, 0.717) is 6.07 Å². The molecular weight excluding hydrogens is 264 g/mol. The lowest BCUT2D eigenvalue weighted by Gasteiger charge is -2.03. The third-order valence-electron chi connectivity index (χ3n) is 1.45. The van der Waals surface area contributed by atoms with E-state index >= 15 is 0 Å². The summed E-state index contributed by atoms with van der Waals surface area (Å²) in [5.74, 6) is -0.419. The molecule has 0 aliphatic carbocycles. The number of nitrogens with zero attached hydrogens (tertiary/aromatic N) is 2. The van der Waals surface area contributed by atoms with Crippen LogP contribution < -0.4 is 5.73 Å². The number of aromatic nitrogens is 1. The molecule has 1 rings (SSSR count). The Labute approximate surface area is 85.2 Å². The van der Waals surface area contributed by atoms with Crippen LogP contribution in [-0.2, 0) is 0 Å². The molecule has 8 heteroatoms. The van der Waals surface area contributed by atoms with E-state index in [1.54, 1.807) is 0 Å². The Morgan fingerprint density at radius 1 is 1.64 bits per heavy atom. The SMILES string of the molecule is Nc1nc(Br)c([N+](=O)[O-])cc1C(F)F. The molecule has 1 aromatic heterocycles. The second-order valence-corrected chi connectivity index (χ2v) is 3.08.